The van der Waals surface area contributed by atoms with Crippen LogP contribution in [0.3, 0.4) is 0 Å². The van der Waals surface area contributed by atoms with Gasteiger partial charge in [-0.2, -0.15) is 0 Å². The molecule has 4 aliphatic heterocycles. The molecule has 4 rings (SSSR count). The van der Waals surface area contributed by atoms with Gasteiger partial charge in [-0.15, -0.1) is 23.4 Å². The number of fused-ring (bicyclic) bond motifs is 2. The number of thioether (sulfide) groups is 1. The van der Waals surface area contributed by atoms with Gasteiger partial charge in [-0.3, -0.25) is 4.79 Å². The highest BCUT2D eigenvalue weighted by molar-refractivity contribution is 7.99. The normalized spacial score (nSPS) is 44.7. The molecule has 1 amide bonds. The molecule has 26 heavy (non-hydrogen) atoms. The fourth-order valence-electron chi connectivity index (χ4n) is 4.13. The van der Waals surface area contributed by atoms with E-state index in [0.29, 0.717) is 12.5 Å². The van der Waals surface area contributed by atoms with Crippen molar-refractivity contribution >= 4 is 29.3 Å². The Balaban J connectivity index is 1.72. The van der Waals surface area contributed by atoms with Gasteiger partial charge in [0.05, 0.1) is 11.3 Å². The van der Waals surface area contributed by atoms with Gasteiger partial charge in [0.2, 0.25) is 11.7 Å². The number of nitrogens with one attached hydrogen (secondary N) is 2. The van der Waals surface area contributed by atoms with E-state index in [4.69, 9.17) is 21.1 Å². The molecule has 0 radical (unpaired) electrons. The number of piperidine rings is 1. The first-order valence-corrected chi connectivity index (χ1v) is 11.0. The minimum atomic E-state index is -1.42. The zero-order chi connectivity index (χ0) is 19.1. The molecule has 0 aromatic carbocycles. The fourth-order valence-corrected chi connectivity index (χ4v) is 5.05. The maximum Gasteiger partial charge on any atom is 0.224 e. The van der Waals surface area contributed by atoms with Crippen molar-refractivity contribution in [1.82, 2.24) is 10.6 Å². The van der Waals surface area contributed by atoms with Gasteiger partial charge in [-0.25, -0.2) is 0 Å². The summed E-state index contributed by atoms with van der Waals surface area (Å²) in [6.07, 6.45) is 0.976. The molecular formula is C17H29ClN2O5S. The molecule has 0 spiro atoms. The van der Waals surface area contributed by atoms with Crippen LogP contribution in [0, 0.1) is 11.8 Å². The third kappa shape index (κ3) is 3.50. The molecule has 4 heterocycles. The van der Waals surface area contributed by atoms with Gasteiger partial charge in [-0.05, 0) is 32.1 Å². The van der Waals surface area contributed by atoms with E-state index in [-0.39, 0.29) is 11.8 Å². The van der Waals surface area contributed by atoms with Gasteiger partial charge in [-0.1, -0.05) is 13.3 Å². The number of rotatable bonds is 6. The summed E-state index contributed by atoms with van der Waals surface area (Å²) in [6, 6.07) is -0.716. The first-order chi connectivity index (χ1) is 12.3. The minimum absolute atomic E-state index is 0.114. The number of hydrogen-bond acceptors (Lipinski definition) is 7. The maximum atomic E-state index is 12.8. The lowest BCUT2D eigenvalue weighted by atomic mass is 9.82. The molecule has 0 aliphatic carbocycles. The van der Waals surface area contributed by atoms with Crippen LogP contribution in [0.15, 0.2) is 0 Å². The van der Waals surface area contributed by atoms with Crippen molar-refractivity contribution in [1.29, 1.82) is 0 Å². The summed E-state index contributed by atoms with van der Waals surface area (Å²) in [5.74, 6) is -1.21. The number of aliphatic hydroxyl groups excluding tert-OH is 2. The average molecular weight is 409 g/mol. The van der Waals surface area contributed by atoms with Crippen LogP contribution in [0.1, 0.15) is 26.7 Å². The topological polar surface area (TPSA) is 100 Å². The van der Waals surface area contributed by atoms with Gasteiger partial charge in [0.15, 0.2) is 0 Å². The van der Waals surface area contributed by atoms with Crippen LogP contribution in [0.5, 0.6) is 0 Å². The third-order valence-electron chi connectivity index (χ3n) is 5.77. The van der Waals surface area contributed by atoms with Crippen LogP contribution in [0.2, 0.25) is 0 Å². The number of carbonyl (C=O) groups is 1. The van der Waals surface area contributed by atoms with E-state index in [1.54, 1.807) is 6.92 Å². The van der Waals surface area contributed by atoms with Crippen molar-refractivity contribution in [3.8, 4) is 0 Å². The Morgan fingerprint density at radius 3 is 2.73 bits per heavy atom. The molecule has 6 unspecified atom stereocenters. The second-order valence-corrected chi connectivity index (χ2v) is 9.11. The molecular weight excluding hydrogens is 380 g/mol. The van der Waals surface area contributed by atoms with Crippen LogP contribution >= 0.6 is 23.4 Å². The van der Waals surface area contributed by atoms with E-state index < -0.39 is 41.0 Å². The highest BCUT2D eigenvalue weighted by Gasteiger charge is 2.69. The van der Waals surface area contributed by atoms with Crippen LogP contribution < -0.4 is 10.6 Å². The van der Waals surface area contributed by atoms with Gasteiger partial charge < -0.3 is 30.3 Å². The molecule has 7 nitrogen and oxygen atoms in total. The predicted molar refractivity (Wildman–Crippen MR) is 100 cm³/mol. The smallest absolute Gasteiger partial charge is 0.224 e. The van der Waals surface area contributed by atoms with E-state index in [1.165, 1.54) is 11.8 Å². The number of carbonyl (C=O) groups excluding carboxylic acids is 1. The second-order valence-electron chi connectivity index (χ2n) is 7.49. The molecule has 9 heteroatoms. The Labute approximate surface area is 163 Å². The van der Waals surface area contributed by atoms with Crippen molar-refractivity contribution in [3.05, 3.63) is 0 Å². The largest absolute Gasteiger partial charge is 0.387 e. The molecule has 4 aliphatic rings. The number of ether oxygens (including phenoxy) is 2. The van der Waals surface area contributed by atoms with Gasteiger partial charge in [0, 0.05) is 6.54 Å². The Morgan fingerprint density at radius 1 is 1.42 bits per heavy atom. The fraction of sp³-hybridized carbons (Fsp3) is 0.941. The van der Waals surface area contributed by atoms with Crippen molar-refractivity contribution in [2.45, 2.75) is 67.6 Å². The highest BCUT2D eigenvalue weighted by atomic mass is 35.5. The molecule has 0 aromatic rings. The zero-order valence-electron chi connectivity index (χ0n) is 15.4. The molecule has 4 N–H and O–H groups in total. The lowest BCUT2D eigenvalue weighted by Crippen LogP contribution is -2.83. The van der Waals surface area contributed by atoms with E-state index in [0.717, 1.165) is 19.4 Å². The highest BCUT2D eigenvalue weighted by Crippen LogP contribution is 2.49. The number of aliphatic hydroxyl groups is 2. The molecule has 9 atom stereocenters. The van der Waals surface area contributed by atoms with E-state index in [9.17, 15) is 15.0 Å². The minimum Gasteiger partial charge on any atom is -0.387 e. The van der Waals surface area contributed by atoms with Crippen molar-refractivity contribution in [2.24, 2.45) is 11.8 Å². The lowest BCUT2D eigenvalue weighted by Gasteiger charge is -2.62. The van der Waals surface area contributed by atoms with Crippen molar-refractivity contribution in [2.75, 3.05) is 19.3 Å². The standard InChI is InChI=1S/C17H29ClN2O5S/c1-4-9-5-10(7-19-6-9)15(23)20-13(8(2)18)17-14(22)12(24-17)11(21)16(25-17)26-3/h8-14,16,19,21-22H,4-7H2,1-3H3,(H,20,23)/t8?,9?,10?,11-,12?,13?,14+,16+,17?/m0/s1. The third-order valence-corrected chi connectivity index (χ3v) is 6.86. The van der Waals surface area contributed by atoms with Gasteiger partial charge >= 0.3 is 0 Å². The molecule has 0 saturated carbocycles. The van der Waals surface area contributed by atoms with Gasteiger partial charge in [0.1, 0.15) is 29.8 Å². The number of hydrogen-bond donors (Lipinski definition) is 4. The summed E-state index contributed by atoms with van der Waals surface area (Å²) in [4.78, 5) is 12.8. The zero-order valence-corrected chi connectivity index (χ0v) is 16.9. The summed E-state index contributed by atoms with van der Waals surface area (Å²) >= 11 is 7.69. The van der Waals surface area contributed by atoms with E-state index in [1.807, 2.05) is 6.26 Å². The number of halogens is 1. The quantitative estimate of drug-likeness (QED) is 0.468. The first-order valence-electron chi connectivity index (χ1n) is 9.23. The second kappa shape index (κ2) is 8.11. The molecule has 4 fully saturated rings. The maximum absolute atomic E-state index is 12.8. The Morgan fingerprint density at radius 2 is 2.15 bits per heavy atom. The predicted octanol–water partition coefficient (Wildman–Crippen LogP) is 0.270. The van der Waals surface area contributed by atoms with E-state index in [2.05, 4.69) is 17.6 Å². The molecule has 2 bridgehead atoms. The summed E-state index contributed by atoms with van der Waals surface area (Å²) < 4.78 is 11.6. The van der Waals surface area contributed by atoms with E-state index >= 15 is 0 Å². The monoisotopic (exact) mass is 408 g/mol. The first kappa shape index (κ1) is 20.6. The summed E-state index contributed by atoms with van der Waals surface area (Å²) in [5.41, 5.74) is -0.534. The Bertz CT molecular complexity index is 525. The molecule has 150 valence electrons. The summed E-state index contributed by atoms with van der Waals surface area (Å²) in [5, 5.41) is 26.4. The number of alkyl halides is 1. The molecule has 0 aromatic heterocycles. The summed E-state index contributed by atoms with van der Waals surface area (Å²) in [7, 11) is 0. The van der Waals surface area contributed by atoms with Crippen molar-refractivity contribution in [3.63, 3.8) is 0 Å². The Kier molecular flexibility index (Phi) is 6.44. The van der Waals surface area contributed by atoms with Crippen molar-refractivity contribution < 1.29 is 24.5 Å². The summed E-state index contributed by atoms with van der Waals surface area (Å²) in [6.45, 7) is 5.41. The van der Waals surface area contributed by atoms with Crippen LogP contribution in [0.25, 0.3) is 0 Å². The van der Waals surface area contributed by atoms with Gasteiger partial charge in [0.25, 0.3) is 0 Å². The Hall–Kier alpha value is -0.0900. The van der Waals surface area contributed by atoms with Crippen LogP contribution in [0.4, 0.5) is 0 Å². The van der Waals surface area contributed by atoms with Crippen LogP contribution in [-0.4, -0.2) is 76.4 Å². The average Bonchev–Trinajstić information content (AvgIpc) is 2.65. The van der Waals surface area contributed by atoms with Crippen LogP contribution in [-0.2, 0) is 14.3 Å². The lowest BCUT2D eigenvalue weighted by molar-refractivity contribution is -0.463. The molecule has 4 saturated heterocycles. The SMILES string of the molecule is CCC1CNCC(C(=O)NC(C(C)Cl)C23OC([C@H]2O)[C@H](O)[C@@H](SC)O3)C1. The number of amides is 1.